The summed E-state index contributed by atoms with van der Waals surface area (Å²) in [6.07, 6.45) is -3.63. The first kappa shape index (κ1) is 14.1. The average molecular weight is 287 g/mol. The highest BCUT2D eigenvalue weighted by Gasteiger charge is 2.31. The lowest BCUT2D eigenvalue weighted by Crippen LogP contribution is -2.17. The van der Waals surface area contributed by atoms with Crippen LogP contribution >= 0.6 is 0 Å². The molecule has 7 heteroatoms. The molecule has 0 atom stereocenters. The molecule has 0 unspecified atom stereocenters. The first-order valence-corrected chi connectivity index (χ1v) is 5.45. The molecule has 1 heterocycles. The van der Waals surface area contributed by atoms with E-state index in [1.807, 2.05) is 0 Å². The summed E-state index contributed by atoms with van der Waals surface area (Å²) >= 11 is 0. The van der Waals surface area contributed by atoms with Gasteiger partial charge in [0.25, 0.3) is 0 Å². The molecule has 0 bridgehead atoms. The Morgan fingerprint density at radius 2 is 1.85 bits per heavy atom. The standard InChI is InChI=1S/C13H9F4NO2/c1-19-10-6-11(12(14)18-7-10)8-3-2-4-9(5-8)20-13(15,16)17/h2-7H,1H3. The molecule has 0 aliphatic heterocycles. The molecule has 2 rings (SSSR count). The topological polar surface area (TPSA) is 31.4 Å². The Balaban J connectivity index is 2.40. The normalized spacial score (nSPS) is 11.2. The monoisotopic (exact) mass is 287 g/mol. The number of aromatic nitrogens is 1. The molecule has 0 N–H and O–H groups in total. The summed E-state index contributed by atoms with van der Waals surface area (Å²) in [4.78, 5) is 3.48. The number of ether oxygens (including phenoxy) is 2. The van der Waals surface area contributed by atoms with E-state index in [-0.39, 0.29) is 11.1 Å². The van der Waals surface area contributed by atoms with E-state index >= 15 is 0 Å². The van der Waals surface area contributed by atoms with Crippen molar-refractivity contribution in [3.05, 3.63) is 42.5 Å². The van der Waals surface area contributed by atoms with Gasteiger partial charge in [0.05, 0.1) is 13.3 Å². The zero-order valence-corrected chi connectivity index (χ0v) is 10.2. The minimum Gasteiger partial charge on any atom is -0.495 e. The van der Waals surface area contributed by atoms with Crippen molar-refractivity contribution in [3.8, 4) is 22.6 Å². The summed E-state index contributed by atoms with van der Waals surface area (Å²) in [7, 11) is 1.38. The SMILES string of the molecule is COc1cnc(F)c(-c2cccc(OC(F)(F)F)c2)c1. The summed E-state index contributed by atoms with van der Waals surface area (Å²) in [5.41, 5.74) is 0.229. The second kappa shape index (κ2) is 5.36. The van der Waals surface area contributed by atoms with Gasteiger partial charge in [-0.2, -0.15) is 4.39 Å². The third kappa shape index (κ3) is 3.37. The number of rotatable bonds is 3. The van der Waals surface area contributed by atoms with Crippen molar-refractivity contribution >= 4 is 0 Å². The van der Waals surface area contributed by atoms with Crippen molar-refractivity contribution in [3.63, 3.8) is 0 Å². The van der Waals surface area contributed by atoms with Gasteiger partial charge >= 0.3 is 6.36 Å². The molecular weight excluding hydrogens is 278 g/mol. The van der Waals surface area contributed by atoms with Crippen LogP contribution in [0.3, 0.4) is 0 Å². The Bertz CT molecular complexity index is 614. The largest absolute Gasteiger partial charge is 0.573 e. The van der Waals surface area contributed by atoms with Crippen molar-refractivity contribution in [2.24, 2.45) is 0 Å². The van der Waals surface area contributed by atoms with Gasteiger partial charge in [-0.15, -0.1) is 13.2 Å². The molecule has 0 amide bonds. The van der Waals surface area contributed by atoms with Crippen molar-refractivity contribution in [2.75, 3.05) is 7.11 Å². The zero-order chi connectivity index (χ0) is 14.8. The Morgan fingerprint density at radius 1 is 1.10 bits per heavy atom. The van der Waals surface area contributed by atoms with Gasteiger partial charge in [-0.05, 0) is 23.8 Å². The van der Waals surface area contributed by atoms with Crippen LogP contribution in [0.5, 0.6) is 11.5 Å². The predicted molar refractivity (Wildman–Crippen MR) is 62.9 cm³/mol. The molecule has 2 aromatic rings. The molecule has 0 saturated heterocycles. The predicted octanol–water partition coefficient (Wildman–Crippen LogP) is 3.79. The van der Waals surface area contributed by atoms with E-state index < -0.39 is 18.1 Å². The second-order valence-corrected chi connectivity index (χ2v) is 3.79. The minimum atomic E-state index is -4.80. The quantitative estimate of drug-likeness (QED) is 0.635. The van der Waals surface area contributed by atoms with Crippen LogP contribution < -0.4 is 9.47 Å². The van der Waals surface area contributed by atoms with Crippen LogP contribution in [0.4, 0.5) is 17.6 Å². The summed E-state index contributed by atoms with van der Waals surface area (Å²) in [6, 6.07) is 6.32. The number of nitrogens with zero attached hydrogens (tertiary/aromatic N) is 1. The maximum Gasteiger partial charge on any atom is 0.573 e. The van der Waals surface area contributed by atoms with Gasteiger partial charge in [-0.3, -0.25) is 0 Å². The van der Waals surface area contributed by atoms with Gasteiger partial charge in [0.15, 0.2) is 0 Å². The molecule has 0 fully saturated rings. The van der Waals surface area contributed by atoms with Crippen molar-refractivity contribution in [2.45, 2.75) is 6.36 Å². The number of hydrogen-bond donors (Lipinski definition) is 0. The maximum absolute atomic E-state index is 13.6. The highest BCUT2D eigenvalue weighted by Crippen LogP contribution is 2.30. The number of pyridine rings is 1. The highest BCUT2D eigenvalue weighted by molar-refractivity contribution is 5.66. The molecule has 3 nitrogen and oxygen atoms in total. The number of alkyl halides is 3. The maximum atomic E-state index is 13.6. The number of hydrogen-bond acceptors (Lipinski definition) is 3. The summed E-state index contributed by atoms with van der Waals surface area (Å²) in [6.45, 7) is 0. The van der Waals surface area contributed by atoms with Crippen molar-refractivity contribution in [1.29, 1.82) is 0 Å². The lowest BCUT2D eigenvalue weighted by molar-refractivity contribution is -0.274. The lowest BCUT2D eigenvalue weighted by atomic mass is 10.1. The third-order valence-corrected chi connectivity index (χ3v) is 2.43. The molecule has 0 spiro atoms. The summed E-state index contributed by atoms with van der Waals surface area (Å²) in [5.74, 6) is -0.948. The van der Waals surface area contributed by atoms with Gasteiger partial charge in [0.2, 0.25) is 5.95 Å². The van der Waals surface area contributed by atoms with E-state index in [1.54, 1.807) is 0 Å². The van der Waals surface area contributed by atoms with Crippen LogP contribution in [0.1, 0.15) is 0 Å². The second-order valence-electron chi connectivity index (χ2n) is 3.79. The molecule has 0 aliphatic rings. The fraction of sp³-hybridized carbons (Fsp3) is 0.154. The summed E-state index contributed by atoms with van der Waals surface area (Å²) in [5, 5.41) is 0. The van der Waals surface area contributed by atoms with Crippen LogP contribution in [0.15, 0.2) is 36.5 Å². The molecule has 0 radical (unpaired) electrons. The molecule has 106 valence electrons. The van der Waals surface area contributed by atoms with Crippen LogP contribution in [0.2, 0.25) is 0 Å². The van der Waals surface area contributed by atoms with Gasteiger partial charge in [-0.1, -0.05) is 12.1 Å². The van der Waals surface area contributed by atoms with E-state index in [4.69, 9.17) is 4.74 Å². The third-order valence-electron chi connectivity index (χ3n) is 2.43. The Hall–Kier alpha value is -2.31. The molecule has 20 heavy (non-hydrogen) atoms. The van der Waals surface area contributed by atoms with Crippen LogP contribution in [0, 0.1) is 5.95 Å². The smallest absolute Gasteiger partial charge is 0.495 e. The van der Waals surface area contributed by atoms with Gasteiger partial charge in [0, 0.05) is 5.56 Å². The Morgan fingerprint density at radius 3 is 2.50 bits per heavy atom. The van der Waals surface area contributed by atoms with Crippen LogP contribution in [-0.2, 0) is 0 Å². The number of methoxy groups -OCH3 is 1. The van der Waals surface area contributed by atoms with E-state index in [0.717, 1.165) is 12.1 Å². The lowest BCUT2D eigenvalue weighted by Gasteiger charge is -2.10. The number of benzene rings is 1. The zero-order valence-electron chi connectivity index (χ0n) is 10.2. The molecule has 1 aromatic heterocycles. The Kier molecular flexibility index (Phi) is 3.78. The first-order chi connectivity index (χ1) is 9.39. The van der Waals surface area contributed by atoms with Gasteiger partial charge < -0.3 is 9.47 Å². The van der Waals surface area contributed by atoms with Crippen molar-refractivity contribution in [1.82, 2.24) is 4.98 Å². The fourth-order valence-corrected chi connectivity index (χ4v) is 1.60. The van der Waals surface area contributed by atoms with Crippen molar-refractivity contribution < 1.29 is 27.0 Å². The summed E-state index contributed by atoms with van der Waals surface area (Å²) < 4.78 is 58.8. The van der Waals surface area contributed by atoms with E-state index in [2.05, 4.69) is 9.72 Å². The number of halogens is 4. The fourth-order valence-electron chi connectivity index (χ4n) is 1.60. The minimum absolute atomic E-state index is 0.0250. The molecule has 0 aliphatic carbocycles. The molecule has 1 aromatic carbocycles. The van der Waals surface area contributed by atoms with E-state index in [9.17, 15) is 17.6 Å². The van der Waals surface area contributed by atoms with Crippen LogP contribution in [-0.4, -0.2) is 18.5 Å². The molecular formula is C13H9F4NO2. The van der Waals surface area contributed by atoms with E-state index in [0.29, 0.717) is 5.75 Å². The van der Waals surface area contributed by atoms with Gasteiger partial charge in [-0.25, -0.2) is 4.98 Å². The molecule has 0 saturated carbocycles. The first-order valence-electron chi connectivity index (χ1n) is 5.45. The Labute approximate surface area is 111 Å². The highest BCUT2D eigenvalue weighted by atomic mass is 19.4. The van der Waals surface area contributed by atoms with E-state index in [1.165, 1.54) is 31.5 Å². The van der Waals surface area contributed by atoms with Gasteiger partial charge in [0.1, 0.15) is 11.5 Å². The average Bonchev–Trinajstić information content (AvgIpc) is 2.37. The van der Waals surface area contributed by atoms with Crippen LogP contribution in [0.25, 0.3) is 11.1 Å².